The quantitative estimate of drug-likeness (QED) is 0.199. The van der Waals surface area contributed by atoms with E-state index >= 15 is 0 Å². The minimum atomic E-state index is -2.04. The van der Waals surface area contributed by atoms with E-state index in [-0.39, 0.29) is 31.4 Å². The van der Waals surface area contributed by atoms with Gasteiger partial charge in [0.05, 0.1) is 35.9 Å². The van der Waals surface area contributed by atoms with E-state index < -0.39 is 108 Å². The summed E-state index contributed by atoms with van der Waals surface area (Å²) in [6.07, 6.45) is -12.3. The number of methoxy groups -OCH3 is 1. The fourth-order valence-corrected chi connectivity index (χ4v) is 8.14. The minimum absolute atomic E-state index is 0.0785. The molecule has 0 spiro atoms. The molecule has 51 heavy (non-hydrogen) atoms. The van der Waals surface area contributed by atoms with Crippen LogP contribution in [0.25, 0.3) is 0 Å². The predicted molar refractivity (Wildman–Crippen MR) is 183 cm³/mol. The lowest BCUT2D eigenvalue weighted by Gasteiger charge is -2.49. The molecule has 298 valence electrons. The molecule has 3 aliphatic heterocycles. The second-order valence-corrected chi connectivity index (χ2v) is 16.2. The van der Waals surface area contributed by atoms with Gasteiger partial charge in [0, 0.05) is 37.3 Å². The van der Waals surface area contributed by atoms with E-state index in [1.165, 1.54) is 34.8 Å². The number of aliphatic hydroxyl groups is 6. The molecule has 0 aromatic rings. The zero-order valence-corrected chi connectivity index (χ0v) is 32.4. The maximum absolute atomic E-state index is 14.0. The molecule has 3 saturated heterocycles. The van der Waals surface area contributed by atoms with E-state index in [2.05, 4.69) is 0 Å². The Hall–Kier alpha value is -1.34. The van der Waals surface area contributed by atoms with Crippen molar-refractivity contribution in [1.82, 2.24) is 4.90 Å². The number of rotatable bonds is 7. The average Bonchev–Trinajstić information content (AvgIpc) is 3.05. The van der Waals surface area contributed by atoms with Crippen LogP contribution in [0.3, 0.4) is 0 Å². The van der Waals surface area contributed by atoms with Crippen LogP contribution in [0.15, 0.2) is 0 Å². The van der Waals surface area contributed by atoms with Crippen LogP contribution in [0.4, 0.5) is 0 Å². The molecule has 0 aliphatic carbocycles. The van der Waals surface area contributed by atoms with Crippen LogP contribution in [-0.4, -0.2) is 153 Å². The van der Waals surface area contributed by atoms with Gasteiger partial charge in [-0.25, -0.2) is 0 Å². The van der Waals surface area contributed by atoms with Gasteiger partial charge in [0.25, 0.3) is 0 Å². The molecule has 3 aliphatic rings. The third-order valence-electron chi connectivity index (χ3n) is 11.5. The van der Waals surface area contributed by atoms with Crippen LogP contribution in [0, 0.1) is 23.7 Å². The van der Waals surface area contributed by atoms with Crippen LogP contribution in [-0.2, 0) is 38.0 Å². The molecule has 0 aromatic heterocycles. The highest BCUT2D eigenvalue weighted by Gasteiger charge is 2.54. The molecule has 15 nitrogen and oxygen atoms in total. The average molecular weight is 736 g/mol. The van der Waals surface area contributed by atoms with Crippen molar-refractivity contribution in [2.24, 2.45) is 23.7 Å². The Balaban J connectivity index is 2.20. The van der Waals surface area contributed by atoms with Crippen LogP contribution in [0.2, 0.25) is 0 Å². The molecule has 3 fully saturated rings. The van der Waals surface area contributed by atoms with Gasteiger partial charge in [-0.1, -0.05) is 27.7 Å². The van der Waals surface area contributed by atoms with E-state index in [4.69, 9.17) is 28.4 Å². The first-order valence-electron chi connectivity index (χ1n) is 18.2. The minimum Gasteiger partial charge on any atom is -0.459 e. The van der Waals surface area contributed by atoms with Gasteiger partial charge in [0.1, 0.15) is 35.3 Å². The standard InChI is InChI=1S/C36H65NO14/c1-13-23-36(9,45)28(41)19(4)25(39)17(2)15-34(7,44)30(51-32-26(40)22(37(10)11)14-18(3)47-32)20(5)27(21(6)31(43)48-23)50-33-29(42)35(8,46-12)16-24(38)49-33/h17-24,26-30,32-33,38,40-42,44-45H,13-16H2,1-12H3/t17-,18-,19+,20+,21-,22+,23-,24+,26+,27+,28-,29-,30-,32+,33+,34-,35+,36-/m1/s1. The summed E-state index contributed by atoms with van der Waals surface area (Å²) in [5.41, 5.74) is -5.21. The highest BCUT2D eigenvalue weighted by molar-refractivity contribution is 5.83. The number of aliphatic hydroxyl groups excluding tert-OH is 4. The molecule has 0 amide bonds. The molecule has 0 unspecified atom stereocenters. The maximum Gasteiger partial charge on any atom is 0.311 e. The van der Waals surface area contributed by atoms with Gasteiger partial charge in [-0.05, 0) is 68.0 Å². The number of carbonyl (C=O) groups is 2. The second-order valence-electron chi connectivity index (χ2n) is 16.2. The molecule has 0 aromatic carbocycles. The number of ether oxygens (including phenoxy) is 6. The van der Waals surface area contributed by atoms with E-state index in [1.54, 1.807) is 27.7 Å². The molecular formula is C36H65NO14. The summed E-state index contributed by atoms with van der Waals surface area (Å²) in [7, 11) is 5.01. The smallest absolute Gasteiger partial charge is 0.311 e. The van der Waals surface area contributed by atoms with Gasteiger partial charge >= 0.3 is 5.97 Å². The van der Waals surface area contributed by atoms with E-state index in [9.17, 15) is 40.2 Å². The van der Waals surface area contributed by atoms with E-state index in [1.807, 2.05) is 25.9 Å². The number of nitrogens with zero attached hydrogens (tertiary/aromatic N) is 1. The monoisotopic (exact) mass is 735 g/mol. The zero-order chi connectivity index (χ0) is 39.0. The number of likely N-dealkylation sites (N-methyl/N-ethyl adjacent to an activating group) is 1. The fraction of sp³-hybridized carbons (Fsp3) is 0.944. The first-order chi connectivity index (χ1) is 23.4. The van der Waals surface area contributed by atoms with Gasteiger partial charge < -0.3 is 64.0 Å². The van der Waals surface area contributed by atoms with Crippen molar-refractivity contribution in [3.63, 3.8) is 0 Å². The van der Waals surface area contributed by atoms with Crippen LogP contribution in [0.5, 0.6) is 0 Å². The molecule has 0 bridgehead atoms. The second kappa shape index (κ2) is 17.0. The Bertz CT molecular complexity index is 1170. The maximum atomic E-state index is 14.0. The Labute approximate surface area is 302 Å². The van der Waals surface area contributed by atoms with Crippen molar-refractivity contribution >= 4 is 11.8 Å². The molecule has 15 heteroatoms. The number of ketones is 1. The SMILES string of the molecule is CC[C@H]1OC(=O)[C@H](C)[C@@H](O[C@@H]2O[C@H](O)C[C@](C)(OC)[C@@H]2O)[C@H](C)[C@@H](O[C@@H]2O[C@H](C)C[C@H](N(C)C)[C@@H]2O)[C@](C)(O)C[C@@H](C)C(=O)[C@H](C)[C@@H](O)[C@]1(C)O. The molecular weight excluding hydrogens is 670 g/mol. The summed E-state index contributed by atoms with van der Waals surface area (Å²) in [6.45, 7) is 14.1. The van der Waals surface area contributed by atoms with Crippen molar-refractivity contribution in [2.75, 3.05) is 21.2 Å². The lowest BCUT2D eigenvalue weighted by atomic mass is 9.74. The van der Waals surface area contributed by atoms with Crippen molar-refractivity contribution in [3.8, 4) is 0 Å². The van der Waals surface area contributed by atoms with Crippen LogP contribution in [0.1, 0.15) is 88.0 Å². The fourth-order valence-electron chi connectivity index (χ4n) is 8.14. The zero-order valence-electron chi connectivity index (χ0n) is 32.4. The summed E-state index contributed by atoms with van der Waals surface area (Å²) >= 11 is 0. The molecule has 3 heterocycles. The molecule has 0 saturated carbocycles. The highest BCUT2D eigenvalue weighted by Crippen LogP contribution is 2.40. The molecule has 3 rings (SSSR count). The number of hydrogen-bond acceptors (Lipinski definition) is 15. The summed E-state index contributed by atoms with van der Waals surface area (Å²) in [4.78, 5) is 29.7. The Morgan fingerprint density at radius 2 is 1.47 bits per heavy atom. The van der Waals surface area contributed by atoms with Gasteiger partial charge in [0.2, 0.25) is 0 Å². The highest BCUT2D eigenvalue weighted by atomic mass is 16.7. The van der Waals surface area contributed by atoms with Gasteiger partial charge in [-0.2, -0.15) is 0 Å². The molecule has 0 radical (unpaired) electrons. The summed E-state index contributed by atoms with van der Waals surface area (Å²) in [5, 5.41) is 68.6. The largest absolute Gasteiger partial charge is 0.459 e. The Kier molecular flexibility index (Phi) is 14.7. The Morgan fingerprint density at radius 3 is 2.02 bits per heavy atom. The van der Waals surface area contributed by atoms with Crippen molar-refractivity contribution in [1.29, 1.82) is 0 Å². The molecule has 6 N–H and O–H groups in total. The molecule has 18 atom stereocenters. The third-order valence-corrected chi connectivity index (χ3v) is 11.5. The van der Waals surface area contributed by atoms with Crippen LogP contribution < -0.4 is 0 Å². The first-order valence-corrected chi connectivity index (χ1v) is 18.2. The number of esters is 1. The number of Topliss-reactive ketones (excluding diaryl/α,β-unsaturated/α-hetero) is 1. The predicted octanol–water partition coefficient (Wildman–Crippen LogP) is 0.716. The van der Waals surface area contributed by atoms with Gasteiger partial charge in [0.15, 0.2) is 18.9 Å². The van der Waals surface area contributed by atoms with Gasteiger partial charge in [-0.15, -0.1) is 0 Å². The lowest BCUT2D eigenvalue weighted by Crippen LogP contribution is -2.62. The summed E-state index contributed by atoms with van der Waals surface area (Å²) in [6, 6.07) is -0.362. The summed E-state index contributed by atoms with van der Waals surface area (Å²) < 4.78 is 36.1. The lowest BCUT2D eigenvalue weighted by molar-refractivity contribution is -0.352. The number of hydrogen-bond donors (Lipinski definition) is 6. The number of carbonyl (C=O) groups excluding carboxylic acids is 2. The van der Waals surface area contributed by atoms with Gasteiger partial charge in [-0.3, -0.25) is 9.59 Å². The van der Waals surface area contributed by atoms with Crippen molar-refractivity contribution in [3.05, 3.63) is 0 Å². The van der Waals surface area contributed by atoms with E-state index in [0.29, 0.717) is 6.42 Å². The van der Waals surface area contributed by atoms with Crippen LogP contribution >= 0.6 is 0 Å². The third kappa shape index (κ3) is 9.49. The first kappa shape index (κ1) is 44.1. The van der Waals surface area contributed by atoms with E-state index in [0.717, 1.165) is 0 Å². The van der Waals surface area contributed by atoms with Crippen molar-refractivity contribution < 1.29 is 68.6 Å². The Morgan fingerprint density at radius 1 is 0.863 bits per heavy atom. The topological polar surface area (TPSA) is 214 Å². The normalized spacial score (nSPS) is 49.7. The number of cyclic esters (lactones) is 1. The van der Waals surface area contributed by atoms with Crippen molar-refractivity contribution in [2.45, 2.75) is 172 Å². The summed E-state index contributed by atoms with van der Waals surface area (Å²) in [5.74, 6) is -5.46.